The van der Waals surface area contributed by atoms with Crippen LogP contribution in [0, 0.1) is 17.8 Å². The van der Waals surface area contributed by atoms with Crippen LogP contribution in [0.25, 0.3) is 0 Å². The van der Waals surface area contributed by atoms with Crippen LogP contribution < -0.4 is 42.7 Å². The van der Waals surface area contributed by atoms with Crippen LogP contribution >= 0.6 is 23.5 Å². The first-order chi connectivity index (χ1) is 47.5. The van der Waals surface area contributed by atoms with Gasteiger partial charge in [0.05, 0.1) is 47.3 Å². The highest BCUT2D eigenvalue weighted by Gasteiger charge is 2.51. The van der Waals surface area contributed by atoms with Crippen LogP contribution in [0.15, 0.2) is 136 Å². The fourth-order valence-corrected chi connectivity index (χ4v) is 21.4. The summed E-state index contributed by atoms with van der Waals surface area (Å²) >= 11 is 3.55. The van der Waals surface area contributed by atoms with Gasteiger partial charge in [0.15, 0.2) is 12.1 Å². The second kappa shape index (κ2) is 35.5. The van der Waals surface area contributed by atoms with Crippen molar-refractivity contribution in [3.63, 3.8) is 0 Å². The summed E-state index contributed by atoms with van der Waals surface area (Å²) in [6.07, 6.45) is 10.6. The Hall–Kier alpha value is -7.00. The number of hydrogen-bond acceptors (Lipinski definition) is 20. The molecule has 2 aromatic rings. The number of carbonyl (C=O) groups excluding carboxylic acids is 7. The molecule has 8 N–H and O–H groups in total. The molecule has 7 unspecified atom stereocenters. The highest BCUT2D eigenvalue weighted by Crippen LogP contribution is 2.38. The zero-order valence-electron chi connectivity index (χ0n) is 59.1. The summed E-state index contributed by atoms with van der Waals surface area (Å²) in [6, 6.07) is 22.2. The normalized spacial score (nSPS) is 26.8. The number of nitrogens with one attached hydrogen (secondary N) is 5. The van der Waals surface area contributed by atoms with Crippen molar-refractivity contribution in [1.29, 1.82) is 0 Å². The van der Waals surface area contributed by atoms with Gasteiger partial charge in [-0.2, -0.15) is 11.8 Å². The Balaban J connectivity index is 0.696. The van der Waals surface area contributed by atoms with E-state index < -0.39 is 67.5 Å². The van der Waals surface area contributed by atoms with E-state index in [0.29, 0.717) is 42.7 Å². The molecule has 11 atom stereocenters. The number of carbonyl (C=O) groups is 7. The minimum Gasteiger partial charge on any atom is -0.439 e. The second-order valence-corrected chi connectivity index (χ2v) is 34.9. The molecular weight excluding hydrogens is 1310 g/mol. The van der Waals surface area contributed by atoms with E-state index in [1.54, 1.807) is 26.0 Å². The van der Waals surface area contributed by atoms with Crippen molar-refractivity contribution in [2.75, 3.05) is 83.9 Å². The number of primary amides is 1. The Morgan fingerprint density at radius 1 is 0.828 bits per heavy atom. The summed E-state index contributed by atoms with van der Waals surface area (Å²) in [4.78, 5) is 105. The van der Waals surface area contributed by atoms with E-state index in [4.69, 9.17) is 29.4 Å². The summed E-state index contributed by atoms with van der Waals surface area (Å²) in [6.45, 7) is 19.0. The van der Waals surface area contributed by atoms with Crippen LogP contribution in [0.5, 0.6) is 0 Å². The first-order valence-corrected chi connectivity index (χ1v) is 39.3. The molecule has 22 nitrogen and oxygen atoms in total. The van der Waals surface area contributed by atoms with Gasteiger partial charge in [-0.15, -0.1) is 11.8 Å². The average Bonchev–Trinajstić information content (AvgIpc) is 1.21. The van der Waals surface area contributed by atoms with E-state index in [2.05, 4.69) is 124 Å². The van der Waals surface area contributed by atoms with Crippen LogP contribution in [-0.2, 0) is 47.4 Å². The van der Waals surface area contributed by atoms with E-state index in [0.717, 1.165) is 75.4 Å². The minimum absolute atomic E-state index is 0.0730. The van der Waals surface area contributed by atoms with Gasteiger partial charge in [-0.25, -0.2) is 9.79 Å². The van der Waals surface area contributed by atoms with Gasteiger partial charge in [0, 0.05) is 120 Å². The van der Waals surface area contributed by atoms with Crippen molar-refractivity contribution in [3.8, 4) is 0 Å². The highest BCUT2D eigenvalue weighted by molar-refractivity contribution is 8.00. The minimum atomic E-state index is -2.67. The lowest BCUT2D eigenvalue weighted by Gasteiger charge is -2.44. The number of guanidine groups is 1. The van der Waals surface area contributed by atoms with Crippen molar-refractivity contribution in [3.05, 3.63) is 131 Å². The number of ketones is 2. The predicted octanol–water partition coefficient (Wildman–Crippen LogP) is 6.13. The maximum atomic E-state index is 14.2. The van der Waals surface area contributed by atoms with Gasteiger partial charge in [-0.1, -0.05) is 120 Å². The number of hydrogen-bond donors (Lipinski definition) is 7. The number of thioether (sulfide) groups is 2. The monoisotopic (exact) mass is 1420 g/mol. The van der Waals surface area contributed by atoms with E-state index in [1.165, 1.54) is 66.2 Å². The lowest BCUT2D eigenvalue weighted by Crippen LogP contribution is -2.67. The van der Waals surface area contributed by atoms with E-state index in [-0.39, 0.29) is 109 Å². The van der Waals surface area contributed by atoms with Gasteiger partial charge in [-0.05, 0) is 110 Å². The first kappa shape index (κ1) is 76.2. The molecule has 0 aromatic heterocycles. The number of benzene rings is 2. The molecule has 3 fully saturated rings. The van der Waals surface area contributed by atoms with Crippen LogP contribution in [-0.4, -0.2) is 207 Å². The first-order valence-electron chi connectivity index (χ1n) is 35.2. The molecule has 2 aromatic carbocycles. The molecule has 6 aliphatic heterocycles. The summed E-state index contributed by atoms with van der Waals surface area (Å²) in [5.41, 5.74) is 6.22. The quantitative estimate of drug-likeness (QED) is 0.0205. The number of fused-ring (bicyclic) bond motifs is 4. The predicted molar refractivity (Wildman–Crippen MR) is 391 cm³/mol. The molecule has 7 aliphatic rings. The molecule has 0 spiro atoms. The summed E-state index contributed by atoms with van der Waals surface area (Å²) < 4.78 is 24.2. The number of allylic oxidation sites excluding steroid dienone is 5. The third-order valence-electron chi connectivity index (χ3n) is 19.8. The maximum absolute atomic E-state index is 14.2. The van der Waals surface area contributed by atoms with Crippen molar-refractivity contribution >= 4 is 89.5 Å². The Labute approximate surface area is 593 Å². The molecule has 0 saturated carbocycles. The van der Waals surface area contributed by atoms with Crippen molar-refractivity contribution in [2.24, 2.45) is 28.5 Å². The smallest absolute Gasteiger partial charge is 0.405 e. The number of imide groups is 1. The summed E-state index contributed by atoms with van der Waals surface area (Å²) in [7, 11) is 0.224. The van der Waals surface area contributed by atoms with Gasteiger partial charge >= 0.3 is 6.09 Å². The molecule has 538 valence electrons. The molecule has 5 amide bonds. The number of nitrogens with two attached hydrogens (primary N) is 1. The lowest BCUT2D eigenvalue weighted by atomic mass is 9.85. The number of aliphatic hydroxyl groups is 1. The Kier molecular flexibility index (Phi) is 27.4. The topological polar surface area (TPSA) is 285 Å². The number of amides is 5. The van der Waals surface area contributed by atoms with Gasteiger partial charge in [0.2, 0.25) is 29.3 Å². The van der Waals surface area contributed by atoms with Gasteiger partial charge in [-0.3, -0.25) is 33.7 Å². The van der Waals surface area contributed by atoms with Crippen molar-refractivity contribution in [1.82, 2.24) is 41.3 Å². The average molecular weight is 1420 g/mol. The number of rotatable bonds is 24. The van der Waals surface area contributed by atoms with Gasteiger partial charge < -0.3 is 65.9 Å². The zero-order valence-corrected chi connectivity index (χ0v) is 61.7. The number of likely N-dealkylation sites (tertiary alicyclic amines) is 1. The Morgan fingerprint density at radius 2 is 1.52 bits per heavy atom. The molecule has 6 heterocycles. The number of methoxy groups -OCH3 is 2. The fourth-order valence-electron chi connectivity index (χ4n) is 14.4. The largest absolute Gasteiger partial charge is 0.439 e. The van der Waals surface area contributed by atoms with E-state index in [9.17, 15) is 38.7 Å². The molecule has 25 heteroatoms. The molecule has 2 bridgehead atoms. The zero-order chi connectivity index (χ0) is 71.0. The molecular formula is C74H104N10O12S2Si. The molecule has 3 saturated heterocycles. The molecule has 99 heavy (non-hydrogen) atoms. The van der Waals surface area contributed by atoms with Crippen molar-refractivity contribution in [2.45, 2.75) is 166 Å². The molecule has 0 radical (unpaired) electrons. The van der Waals surface area contributed by atoms with Crippen LogP contribution in [0.1, 0.15) is 113 Å². The lowest BCUT2D eigenvalue weighted by molar-refractivity contribution is -0.138. The standard InChI is InChI=1S/C74H104N10O12S2Si/c1-47-37-57-66(59(85)41-58(68(57)89)81-70(90)48(2)19-16-24-60(93-8)69(96-72(75)92)50(4)39-49(3)67(88)61(38-47)94-9)77-31-18-30-76-64(86)25-17-32-84-65(87)42-62(71(84)91)98-46-54-28-34-82-33-26-51(40-63(82)78-54)44-97-45-53-29-36-83-35-27-52(79-73(83)80-53)43-95-99(74(5,6)7,55-20-12-10-13-21-55)56-22-14-11-15-23-56/h10-16,19-24,39-41,47,49,51-54,60-62,67,69,77-78,88H,17-18,25-38,42-46H2,1-9H3,(H2,75,92)(H,76,86)(H,79,80)(H,81,90)/t47?,49?,51-,52-,53-,54-,60?,61?,62?,67?,69?/m1/s1. The Bertz CT molecular complexity index is 3390. The Morgan fingerprint density at radius 3 is 2.20 bits per heavy atom. The highest BCUT2D eigenvalue weighted by atomic mass is 32.2. The number of aliphatic imine (C=N–C) groups is 1. The molecule has 1 aliphatic carbocycles. The van der Waals surface area contributed by atoms with Crippen LogP contribution in [0.3, 0.4) is 0 Å². The maximum Gasteiger partial charge on any atom is 0.405 e. The number of Topliss-reactive ketones (excluding diaryl/α,β-unsaturated/α-hetero) is 1. The van der Waals surface area contributed by atoms with Crippen LogP contribution in [0.2, 0.25) is 5.04 Å². The fraction of sp³-hybridized carbons (Fsp3) is 0.568. The SMILES string of the molecule is COC1C=CC=C(C)C(=O)NC2=CC(=O)C(NCCCNC(=O)CCCN3C(=O)CC(SC[C@H]4CCN5CC[C@@H](CSC[C@H]6CCN7CC[C@H](CO[Si](c8ccccc8)(c8ccccc8)C(C)(C)C)N=C7N6)C=C5N4)C3=O)=C(CC(C)CC(OC)C(O)C(C)C=C(C)C1OC(N)=O)C2=O. The van der Waals surface area contributed by atoms with Crippen molar-refractivity contribution < 1.29 is 57.3 Å². The summed E-state index contributed by atoms with van der Waals surface area (Å²) in [5.74, 6) is 2.16. The molecule has 9 rings (SSSR count). The second-order valence-electron chi connectivity index (χ2n) is 28.3. The number of aliphatic hydroxyl groups excluding tert-OH is 1. The number of ether oxygens (including phenoxy) is 3. The summed E-state index contributed by atoms with van der Waals surface area (Å²) in [5, 5.41) is 29.8. The van der Waals surface area contributed by atoms with Crippen LogP contribution in [0.4, 0.5) is 4.79 Å². The van der Waals surface area contributed by atoms with E-state index >= 15 is 0 Å². The number of nitrogens with zero attached hydrogens (tertiary/aromatic N) is 4. The van der Waals surface area contributed by atoms with E-state index in [1.807, 2.05) is 18.7 Å². The van der Waals surface area contributed by atoms with Gasteiger partial charge in [0.25, 0.3) is 14.2 Å². The van der Waals surface area contributed by atoms with Gasteiger partial charge in [0.1, 0.15) is 6.10 Å². The third kappa shape index (κ3) is 19.8. The third-order valence-corrected chi connectivity index (χ3v) is 27.5.